The van der Waals surface area contributed by atoms with Gasteiger partial charge in [0.15, 0.2) is 11.6 Å². The van der Waals surface area contributed by atoms with Crippen LogP contribution in [-0.2, 0) is 4.74 Å². The molecule has 1 atom stereocenters. The van der Waals surface area contributed by atoms with Gasteiger partial charge in [0.2, 0.25) is 0 Å². The van der Waals surface area contributed by atoms with Crippen molar-refractivity contribution in [1.82, 2.24) is 9.97 Å². The smallest absolute Gasteiger partial charge is 0.179 e. The molecule has 1 aromatic heterocycles. The molecule has 6 nitrogen and oxygen atoms in total. The van der Waals surface area contributed by atoms with Crippen LogP contribution in [0.1, 0.15) is 46.5 Å². The molecule has 0 radical (unpaired) electrons. The predicted octanol–water partition coefficient (Wildman–Crippen LogP) is 2.63. The lowest BCUT2D eigenvalue weighted by Gasteiger charge is -2.20. The Labute approximate surface area is 133 Å². The molecule has 6 heteroatoms. The largest absolute Gasteiger partial charge is 0.486 e. The third-order valence-corrected chi connectivity index (χ3v) is 3.20. The molecular formula is C16H29N3O3. The number of hydrogen-bond donors (Lipinski definition) is 2. The zero-order valence-corrected chi connectivity index (χ0v) is 13.9. The summed E-state index contributed by atoms with van der Waals surface area (Å²) < 4.78 is 11.2. The van der Waals surface area contributed by atoms with E-state index in [-0.39, 0.29) is 18.8 Å². The second-order valence-corrected chi connectivity index (χ2v) is 5.50. The van der Waals surface area contributed by atoms with Crippen LogP contribution in [0.3, 0.4) is 0 Å². The van der Waals surface area contributed by atoms with Crippen molar-refractivity contribution in [2.45, 2.75) is 58.6 Å². The minimum absolute atomic E-state index is 0.158. The molecular weight excluding hydrogens is 282 g/mol. The van der Waals surface area contributed by atoms with Crippen LogP contribution in [0, 0.1) is 0 Å². The maximum atomic E-state index is 9.19. The van der Waals surface area contributed by atoms with Crippen LogP contribution < -0.4 is 10.1 Å². The molecule has 1 rings (SSSR count). The Hall–Kier alpha value is -1.40. The highest BCUT2D eigenvalue weighted by Gasteiger charge is 2.12. The number of nitrogens with zero attached hydrogens (tertiary/aromatic N) is 2. The van der Waals surface area contributed by atoms with Gasteiger partial charge in [-0.2, -0.15) is 0 Å². The average molecular weight is 311 g/mol. The standard InChI is InChI=1S/C16H29N3O3/c1-4-5-6-14(7-8-20)19-16-15(11-17-12-18-16)22-10-9-21-13(2)3/h11-14,20H,4-10H2,1-3H3,(H,17,18,19). The van der Waals surface area contributed by atoms with Crippen LogP contribution in [0.4, 0.5) is 5.82 Å². The van der Waals surface area contributed by atoms with Gasteiger partial charge in [0, 0.05) is 12.6 Å². The highest BCUT2D eigenvalue weighted by molar-refractivity contribution is 5.48. The zero-order chi connectivity index (χ0) is 16.2. The summed E-state index contributed by atoms with van der Waals surface area (Å²) in [6.07, 6.45) is 7.27. The van der Waals surface area contributed by atoms with Crippen molar-refractivity contribution in [2.24, 2.45) is 0 Å². The molecule has 0 saturated carbocycles. The van der Waals surface area contributed by atoms with Gasteiger partial charge in [-0.25, -0.2) is 9.97 Å². The maximum absolute atomic E-state index is 9.19. The molecule has 0 aliphatic carbocycles. The van der Waals surface area contributed by atoms with Crippen LogP contribution in [0.2, 0.25) is 0 Å². The molecule has 0 spiro atoms. The first kappa shape index (κ1) is 18.6. The lowest BCUT2D eigenvalue weighted by atomic mass is 10.1. The van der Waals surface area contributed by atoms with Gasteiger partial charge in [0.25, 0.3) is 0 Å². The second kappa shape index (κ2) is 11.2. The van der Waals surface area contributed by atoms with E-state index >= 15 is 0 Å². The van der Waals surface area contributed by atoms with E-state index in [1.54, 1.807) is 6.20 Å². The zero-order valence-electron chi connectivity index (χ0n) is 13.9. The van der Waals surface area contributed by atoms with Crippen molar-refractivity contribution >= 4 is 5.82 Å². The topological polar surface area (TPSA) is 76.5 Å². The summed E-state index contributed by atoms with van der Waals surface area (Å²) in [6, 6.07) is 0.189. The summed E-state index contributed by atoms with van der Waals surface area (Å²) in [4.78, 5) is 8.26. The number of aromatic nitrogens is 2. The van der Waals surface area contributed by atoms with Crippen molar-refractivity contribution in [3.05, 3.63) is 12.5 Å². The van der Waals surface area contributed by atoms with Gasteiger partial charge >= 0.3 is 0 Å². The molecule has 0 fully saturated rings. The SMILES string of the molecule is CCCCC(CCO)Nc1ncncc1OCCOC(C)C. The Morgan fingerprint density at radius 2 is 2.09 bits per heavy atom. The van der Waals surface area contributed by atoms with Gasteiger partial charge in [0.05, 0.1) is 18.9 Å². The van der Waals surface area contributed by atoms with Crippen LogP contribution >= 0.6 is 0 Å². The normalized spacial score (nSPS) is 12.4. The number of rotatable bonds is 12. The van der Waals surface area contributed by atoms with E-state index in [4.69, 9.17) is 9.47 Å². The first-order valence-corrected chi connectivity index (χ1v) is 8.09. The minimum atomic E-state index is 0.158. The first-order valence-electron chi connectivity index (χ1n) is 8.09. The summed E-state index contributed by atoms with van der Waals surface area (Å²) in [5.74, 6) is 1.29. The molecule has 22 heavy (non-hydrogen) atoms. The van der Waals surface area contributed by atoms with Crippen LogP contribution in [-0.4, -0.2) is 47.0 Å². The van der Waals surface area contributed by atoms with Gasteiger partial charge < -0.3 is 19.9 Å². The molecule has 1 aromatic rings. The van der Waals surface area contributed by atoms with Gasteiger partial charge in [-0.05, 0) is 26.7 Å². The van der Waals surface area contributed by atoms with E-state index in [1.807, 2.05) is 13.8 Å². The van der Waals surface area contributed by atoms with E-state index in [0.29, 0.717) is 31.2 Å². The number of nitrogens with one attached hydrogen (secondary N) is 1. The third kappa shape index (κ3) is 7.56. The third-order valence-electron chi connectivity index (χ3n) is 3.20. The second-order valence-electron chi connectivity index (χ2n) is 5.50. The van der Waals surface area contributed by atoms with Crippen LogP contribution in [0.5, 0.6) is 5.75 Å². The van der Waals surface area contributed by atoms with Gasteiger partial charge in [-0.1, -0.05) is 19.8 Å². The predicted molar refractivity (Wildman–Crippen MR) is 87.3 cm³/mol. The fraction of sp³-hybridized carbons (Fsp3) is 0.750. The van der Waals surface area contributed by atoms with E-state index < -0.39 is 0 Å². The van der Waals surface area contributed by atoms with Crippen molar-refractivity contribution in [2.75, 3.05) is 25.1 Å². The molecule has 2 N–H and O–H groups in total. The van der Waals surface area contributed by atoms with Crippen LogP contribution in [0.15, 0.2) is 12.5 Å². The molecule has 1 heterocycles. The number of aliphatic hydroxyl groups is 1. The highest BCUT2D eigenvalue weighted by Crippen LogP contribution is 2.22. The lowest BCUT2D eigenvalue weighted by molar-refractivity contribution is 0.0552. The molecule has 0 saturated heterocycles. The van der Waals surface area contributed by atoms with Crippen LogP contribution in [0.25, 0.3) is 0 Å². The maximum Gasteiger partial charge on any atom is 0.179 e. The van der Waals surface area contributed by atoms with E-state index in [9.17, 15) is 5.11 Å². The van der Waals surface area contributed by atoms with E-state index in [1.165, 1.54) is 6.33 Å². The fourth-order valence-electron chi connectivity index (χ4n) is 2.05. The Bertz CT molecular complexity index is 402. The minimum Gasteiger partial charge on any atom is -0.486 e. The quantitative estimate of drug-likeness (QED) is 0.578. The fourth-order valence-corrected chi connectivity index (χ4v) is 2.05. The Morgan fingerprint density at radius 3 is 2.77 bits per heavy atom. The van der Waals surface area contributed by atoms with Crippen molar-refractivity contribution in [1.29, 1.82) is 0 Å². The summed E-state index contributed by atoms with van der Waals surface area (Å²) in [5, 5.41) is 12.5. The highest BCUT2D eigenvalue weighted by atomic mass is 16.5. The van der Waals surface area contributed by atoms with Gasteiger partial charge in [-0.15, -0.1) is 0 Å². The number of ether oxygens (including phenoxy) is 2. The average Bonchev–Trinajstić information content (AvgIpc) is 2.50. The Balaban J connectivity index is 2.56. The number of hydrogen-bond acceptors (Lipinski definition) is 6. The molecule has 0 aliphatic rings. The number of aliphatic hydroxyl groups excluding tert-OH is 1. The van der Waals surface area contributed by atoms with Crippen molar-refractivity contribution in [3.8, 4) is 5.75 Å². The summed E-state index contributed by atoms with van der Waals surface area (Å²) in [6.45, 7) is 7.29. The Morgan fingerprint density at radius 1 is 1.27 bits per heavy atom. The molecule has 126 valence electrons. The van der Waals surface area contributed by atoms with Crippen molar-refractivity contribution in [3.63, 3.8) is 0 Å². The summed E-state index contributed by atoms with van der Waals surface area (Å²) in [5.41, 5.74) is 0. The van der Waals surface area contributed by atoms with Gasteiger partial charge in [-0.3, -0.25) is 0 Å². The monoisotopic (exact) mass is 311 g/mol. The molecule has 0 bridgehead atoms. The summed E-state index contributed by atoms with van der Waals surface area (Å²) >= 11 is 0. The Kier molecular flexibility index (Phi) is 9.50. The van der Waals surface area contributed by atoms with Gasteiger partial charge in [0.1, 0.15) is 12.9 Å². The van der Waals surface area contributed by atoms with E-state index in [0.717, 1.165) is 19.3 Å². The number of unbranched alkanes of at least 4 members (excludes halogenated alkanes) is 1. The molecule has 0 aliphatic heterocycles. The van der Waals surface area contributed by atoms with Crippen molar-refractivity contribution < 1.29 is 14.6 Å². The summed E-state index contributed by atoms with van der Waals surface area (Å²) in [7, 11) is 0. The molecule has 0 amide bonds. The number of anilines is 1. The first-order chi connectivity index (χ1) is 10.7. The van der Waals surface area contributed by atoms with E-state index in [2.05, 4.69) is 22.2 Å². The molecule has 1 unspecified atom stereocenters. The molecule has 0 aromatic carbocycles. The lowest BCUT2D eigenvalue weighted by Crippen LogP contribution is -2.22.